The van der Waals surface area contributed by atoms with Gasteiger partial charge in [0.1, 0.15) is 5.75 Å². The minimum atomic E-state index is -0.0635. The Bertz CT molecular complexity index is 802. The fourth-order valence-electron chi connectivity index (χ4n) is 3.05. The maximum Gasteiger partial charge on any atom is 0.253 e. The minimum Gasteiger partial charge on any atom is -0.492 e. The van der Waals surface area contributed by atoms with Crippen molar-refractivity contribution in [3.05, 3.63) is 64.1 Å². The van der Waals surface area contributed by atoms with Gasteiger partial charge >= 0.3 is 0 Å². The van der Waals surface area contributed by atoms with Gasteiger partial charge < -0.3 is 9.64 Å². The van der Waals surface area contributed by atoms with Crippen molar-refractivity contribution in [3.8, 4) is 11.8 Å². The third-order valence-corrected chi connectivity index (χ3v) is 5.35. The number of hydrogen-bond donors (Lipinski definition) is 0. The molecular weight excluding hydrogens is 428 g/mol. The summed E-state index contributed by atoms with van der Waals surface area (Å²) in [5.41, 5.74) is 1.77. The Balaban J connectivity index is 1.99. The van der Waals surface area contributed by atoms with Gasteiger partial charge in [-0.3, -0.25) is 4.79 Å². The molecule has 5 heteroatoms. The molecule has 0 atom stereocenters. The van der Waals surface area contributed by atoms with Crippen LogP contribution in [0.25, 0.3) is 0 Å². The Morgan fingerprint density at radius 1 is 1.10 bits per heavy atom. The van der Waals surface area contributed by atoms with Gasteiger partial charge in [-0.15, -0.1) is 0 Å². The second-order valence-corrected chi connectivity index (χ2v) is 7.84. The number of hydrogen-bond acceptors (Lipinski definition) is 3. The highest BCUT2D eigenvalue weighted by atomic mass is 79.9. The molecule has 0 aromatic heterocycles. The molecule has 0 radical (unpaired) electrons. The van der Waals surface area contributed by atoms with Crippen molar-refractivity contribution in [2.24, 2.45) is 0 Å². The van der Waals surface area contributed by atoms with Crippen molar-refractivity contribution < 1.29 is 9.53 Å². The third-order valence-electron chi connectivity index (χ3n) is 4.73. The Morgan fingerprint density at radius 2 is 1.90 bits per heavy atom. The van der Waals surface area contributed by atoms with E-state index in [1.165, 1.54) is 24.8 Å². The fraction of sp³-hybridized carbons (Fsp3) is 0.417. The normalized spacial score (nSPS) is 10.4. The van der Waals surface area contributed by atoms with Gasteiger partial charge in [0.25, 0.3) is 5.91 Å². The largest absolute Gasteiger partial charge is 0.492 e. The highest BCUT2D eigenvalue weighted by molar-refractivity contribution is 9.10. The lowest BCUT2D eigenvalue weighted by Crippen LogP contribution is -2.33. The van der Waals surface area contributed by atoms with E-state index in [4.69, 9.17) is 10.00 Å². The molecule has 0 aliphatic heterocycles. The van der Waals surface area contributed by atoms with E-state index >= 15 is 0 Å². The number of amides is 1. The van der Waals surface area contributed by atoms with Crippen molar-refractivity contribution in [3.63, 3.8) is 0 Å². The first-order chi connectivity index (χ1) is 14.2. The molecule has 4 nitrogen and oxygen atoms in total. The molecule has 0 N–H and O–H groups in total. The Labute approximate surface area is 182 Å². The number of nitriles is 1. The van der Waals surface area contributed by atoms with Crippen molar-refractivity contribution in [1.82, 2.24) is 4.90 Å². The topological polar surface area (TPSA) is 53.3 Å². The number of ether oxygens (including phenoxy) is 1. The van der Waals surface area contributed by atoms with Crippen LogP contribution in [0, 0.1) is 11.3 Å². The van der Waals surface area contributed by atoms with Crippen LogP contribution in [0.1, 0.15) is 54.9 Å². The van der Waals surface area contributed by atoms with Crippen LogP contribution in [0.3, 0.4) is 0 Å². The number of nitrogens with zero attached hydrogens (tertiary/aromatic N) is 2. The monoisotopic (exact) mass is 456 g/mol. The number of benzene rings is 2. The van der Waals surface area contributed by atoms with Crippen LogP contribution in [0.4, 0.5) is 0 Å². The van der Waals surface area contributed by atoms with Crippen LogP contribution < -0.4 is 4.74 Å². The summed E-state index contributed by atoms with van der Waals surface area (Å²) in [5.74, 6) is 0.692. The van der Waals surface area contributed by atoms with E-state index in [1.54, 1.807) is 11.0 Å². The average Bonchev–Trinajstić information content (AvgIpc) is 2.75. The van der Waals surface area contributed by atoms with Gasteiger partial charge in [-0.2, -0.15) is 5.26 Å². The lowest BCUT2D eigenvalue weighted by atomic mass is 10.1. The first kappa shape index (κ1) is 23.0. The SMILES string of the molecule is CCCCCCOc1ccc(C(=O)N(CCC#N)CCc2ccccc2)cc1Br. The van der Waals surface area contributed by atoms with Crippen LogP contribution in [-0.2, 0) is 6.42 Å². The molecule has 2 aromatic carbocycles. The summed E-state index contributed by atoms with van der Waals surface area (Å²) in [6.45, 7) is 3.87. The van der Waals surface area contributed by atoms with E-state index in [0.717, 1.165) is 23.1 Å². The zero-order valence-corrected chi connectivity index (χ0v) is 18.7. The molecule has 0 heterocycles. The van der Waals surface area contributed by atoms with Gasteiger partial charge in [0.05, 0.1) is 23.6 Å². The van der Waals surface area contributed by atoms with Gasteiger partial charge in [-0.25, -0.2) is 0 Å². The van der Waals surface area contributed by atoms with Crippen molar-refractivity contribution in [2.75, 3.05) is 19.7 Å². The van der Waals surface area contributed by atoms with Crippen LogP contribution in [0.15, 0.2) is 53.0 Å². The molecule has 29 heavy (non-hydrogen) atoms. The zero-order chi connectivity index (χ0) is 20.9. The van der Waals surface area contributed by atoms with Crippen molar-refractivity contribution in [2.45, 2.75) is 45.4 Å². The van der Waals surface area contributed by atoms with Gasteiger partial charge in [0.2, 0.25) is 0 Å². The summed E-state index contributed by atoms with van der Waals surface area (Å²) < 4.78 is 6.61. The minimum absolute atomic E-state index is 0.0635. The van der Waals surface area contributed by atoms with Gasteiger partial charge in [-0.05, 0) is 52.5 Å². The molecule has 0 saturated heterocycles. The van der Waals surface area contributed by atoms with Crippen molar-refractivity contribution in [1.29, 1.82) is 5.26 Å². The van der Waals surface area contributed by atoms with E-state index in [2.05, 4.69) is 41.1 Å². The molecule has 0 spiro atoms. The summed E-state index contributed by atoms with van der Waals surface area (Å²) in [6, 6.07) is 17.7. The number of rotatable bonds is 12. The molecule has 0 aliphatic carbocycles. The standard InChI is InChI=1S/C24H29BrN2O2/c1-2-3-4-8-18-29-23-13-12-21(19-22(23)25)24(28)27(16-9-15-26)17-14-20-10-6-5-7-11-20/h5-7,10-13,19H,2-4,8-9,14,16-18H2,1H3. The van der Waals surface area contributed by atoms with E-state index in [-0.39, 0.29) is 5.91 Å². The summed E-state index contributed by atoms with van der Waals surface area (Å²) in [4.78, 5) is 14.8. The average molecular weight is 457 g/mol. The smallest absolute Gasteiger partial charge is 0.253 e. The molecular formula is C24H29BrN2O2. The maximum atomic E-state index is 13.0. The van der Waals surface area contributed by atoms with Crippen LogP contribution in [-0.4, -0.2) is 30.5 Å². The Morgan fingerprint density at radius 3 is 2.59 bits per heavy atom. The third kappa shape index (κ3) is 7.91. The predicted octanol–water partition coefficient (Wildman–Crippen LogP) is 6.01. The quantitative estimate of drug-likeness (QED) is 0.367. The second kappa shape index (κ2) is 13.0. The number of carbonyl (C=O) groups is 1. The molecule has 154 valence electrons. The maximum absolute atomic E-state index is 13.0. The van der Waals surface area contributed by atoms with E-state index in [9.17, 15) is 4.79 Å². The summed E-state index contributed by atoms with van der Waals surface area (Å²) in [6.07, 6.45) is 5.70. The molecule has 2 aromatic rings. The van der Waals surface area contributed by atoms with Crippen LogP contribution in [0.5, 0.6) is 5.75 Å². The fourth-order valence-corrected chi connectivity index (χ4v) is 3.55. The Hall–Kier alpha value is -2.32. The van der Waals surface area contributed by atoms with Crippen LogP contribution >= 0.6 is 15.9 Å². The Kier molecular flexibility index (Phi) is 10.3. The first-order valence-electron chi connectivity index (χ1n) is 10.3. The second-order valence-electron chi connectivity index (χ2n) is 6.99. The predicted molar refractivity (Wildman–Crippen MR) is 120 cm³/mol. The highest BCUT2D eigenvalue weighted by Gasteiger charge is 2.17. The molecule has 2 rings (SSSR count). The zero-order valence-electron chi connectivity index (χ0n) is 17.1. The van der Waals surface area contributed by atoms with E-state index < -0.39 is 0 Å². The summed E-state index contributed by atoms with van der Waals surface area (Å²) in [7, 11) is 0. The van der Waals surface area contributed by atoms with E-state index in [1.807, 2.05) is 30.3 Å². The number of carbonyl (C=O) groups excluding carboxylic acids is 1. The number of halogens is 1. The molecule has 0 aliphatic rings. The van der Waals surface area contributed by atoms with Gasteiger partial charge in [-0.1, -0.05) is 56.5 Å². The molecule has 0 saturated carbocycles. The molecule has 0 fully saturated rings. The van der Waals surface area contributed by atoms with E-state index in [0.29, 0.717) is 31.7 Å². The number of unbranched alkanes of at least 4 members (excludes halogenated alkanes) is 3. The molecule has 1 amide bonds. The highest BCUT2D eigenvalue weighted by Crippen LogP contribution is 2.27. The van der Waals surface area contributed by atoms with Gasteiger partial charge in [0.15, 0.2) is 0 Å². The van der Waals surface area contributed by atoms with Crippen molar-refractivity contribution >= 4 is 21.8 Å². The van der Waals surface area contributed by atoms with Gasteiger partial charge in [0, 0.05) is 18.7 Å². The molecule has 0 unspecified atom stereocenters. The van der Waals surface area contributed by atoms with Crippen LogP contribution in [0.2, 0.25) is 0 Å². The summed E-state index contributed by atoms with van der Waals surface area (Å²) >= 11 is 3.53. The summed E-state index contributed by atoms with van der Waals surface area (Å²) in [5, 5.41) is 8.96. The lowest BCUT2D eigenvalue weighted by Gasteiger charge is -2.22. The lowest BCUT2D eigenvalue weighted by molar-refractivity contribution is 0.0760. The first-order valence-corrected chi connectivity index (χ1v) is 11.1. The molecule has 0 bridgehead atoms.